The Morgan fingerprint density at radius 1 is 1.10 bits per heavy atom. The summed E-state index contributed by atoms with van der Waals surface area (Å²) < 4.78 is 5.87. The molecule has 0 unspecified atom stereocenters. The van der Waals surface area contributed by atoms with Gasteiger partial charge in [-0.05, 0) is 36.3 Å². The van der Waals surface area contributed by atoms with Crippen LogP contribution >= 0.6 is 0 Å². The number of nitrogens with one attached hydrogen (secondary N) is 1. The van der Waals surface area contributed by atoms with Gasteiger partial charge < -0.3 is 9.64 Å². The zero-order chi connectivity index (χ0) is 21.5. The van der Waals surface area contributed by atoms with E-state index in [0.717, 1.165) is 41.6 Å². The highest BCUT2D eigenvalue weighted by Crippen LogP contribution is 2.16. The molecule has 1 aliphatic heterocycles. The Morgan fingerprint density at radius 3 is 2.65 bits per heavy atom. The van der Waals surface area contributed by atoms with E-state index in [1.807, 2.05) is 72.5 Å². The van der Waals surface area contributed by atoms with E-state index in [-0.39, 0.29) is 5.91 Å². The maximum atomic E-state index is 12.6. The summed E-state index contributed by atoms with van der Waals surface area (Å²) in [6.45, 7) is 6.15. The quantitative estimate of drug-likeness (QED) is 0.598. The van der Waals surface area contributed by atoms with Crippen molar-refractivity contribution in [2.24, 2.45) is 0 Å². The lowest BCUT2D eigenvalue weighted by atomic mass is 10.2. The highest BCUT2D eigenvalue weighted by atomic mass is 16.5. The Labute approximate surface area is 182 Å². The number of carbonyl (C=O) groups excluding carboxylic acids is 1. The predicted octanol–water partition coefficient (Wildman–Crippen LogP) is 3.05. The van der Waals surface area contributed by atoms with E-state index in [2.05, 4.69) is 20.1 Å². The van der Waals surface area contributed by atoms with Crippen molar-refractivity contribution in [3.8, 4) is 5.75 Å². The van der Waals surface area contributed by atoms with Crippen LogP contribution in [-0.2, 0) is 17.9 Å². The number of benzene rings is 2. The smallest absolute Gasteiger partial charge is 0.246 e. The number of piperazine rings is 1. The number of ether oxygens (including phenoxy) is 1. The van der Waals surface area contributed by atoms with Crippen LogP contribution in [0.5, 0.6) is 5.75 Å². The van der Waals surface area contributed by atoms with Crippen LogP contribution in [0, 0.1) is 6.92 Å². The Kier molecular flexibility index (Phi) is 6.74. The summed E-state index contributed by atoms with van der Waals surface area (Å²) in [6.07, 6.45) is 3.49. The van der Waals surface area contributed by atoms with Crippen LogP contribution in [0.3, 0.4) is 0 Å². The molecule has 0 radical (unpaired) electrons. The van der Waals surface area contributed by atoms with E-state index in [9.17, 15) is 4.79 Å². The summed E-state index contributed by atoms with van der Waals surface area (Å²) >= 11 is 0. The molecular formula is C24H27N5O2. The monoisotopic (exact) mass is 417 g/mol. The van der Waals surface area contributed by atoms with Gasteiger partial charge in [-0.3, -0.25) is 14.8 Å². The number of hydrogen-bond acceptors (Lipinski definition) is 5. The molecule has 31 heavy (non-hydrogen) atoms. The van der Waals surface area contributed by atoms with Crippen molar-refractivity contribution >= 4 is 12.0 Å². The summed E-state index contributed by atoms with van der Waals surface area (Å²) in [4.78, 5) is 21.1. The lowest BCUT2D eigenvalue weighted by molar-refractivity contribution is -0.127. The van der Waals surface area contributed by atoms with Crippen LogP contribution in [0.25, 0.3) is 6.08 Å². The number of aryl methyl sites for hydroxylation is 1. The number of aromatic amines is 1. The standard InChI is InChI=1S/C24H27N5O2/c1-19-25-23(27-26-19)17-28-12-14-29(15-13-28)24(30)11-10-20-8-5-9-22(16-20)31-18-21-6-3-2-4-7-21/h2-11,16H,12-15,17-18H2,1H3,(H,25,26,27)/b11-10+. The van der Waals surface area contributed by atoms with E-state index in [0.29, 0.717) is 26.2 Å². The first-order valence-corrected chi connectivity index (χ1v) is 10.5. The van der Waals surface area contributed by atoms with Crippen LogP contribution in [0.1, 0.15) is 22.8 Å². The molecule has 1 N–H and O–H groups in total. The first kappa shape index (κ1) is 20.8. The predicted molar refractivity (Wildman–Crippen MR) is 119 cm³/mol. The van der Waals surface area contributed by atoms with Gasteiger partial charge in [0.2, 0.25) is 5.91 Å². The zero-order valence-electron chi connectivity index (χ0n) is 17.7. The fourth-order valence-electron chi connectivity index (χ4n) is 3.51. The lowest BCUT2D eigenvalue weighted by Crippen LogP contribution is -2.47. The topological polar surface area (TPSA) is 74.3 Å². The molecule has 2 aromatic carbocycles. The Hall–Kier alpha value is -3.45. The summed E-state index contributed by atoms with van der Waals surface area (Å²) in [7, 11) is 0. The number of hydrogen-bond donors (Lipinski definition) is 1. The molecule has 1 amide bonds. The maximum absolute atomic E-state index is 12.6. The Bertz CT molecular complexity index is 1020. The van der Waals surface area contributed by atoms with Crippen molar-refractivity contribution in [2.45, 2.75) is 20.1 Å². The van der Waals surface area contributed by atoms with Crippen molar-refractivity contribution in [3.63, 3.8) is 0 Å². The Balaban J connectivity index is 1.26. The Morgan fingerprint density at radius 2 is 1.90 bits per heavy atom. The lowest BCUT2D eigenvalue weighted by Gasteiger charge is -2.33. The van der Waals surface area contributed by atoms with Gasteiger partial charge in [-0.25, -0.2) is 4.98 Å². The van der Waals surface area contributed by atoms with E-state index >= 15 is 0 Å². The molecule has 0 saturated carbocycles. The third-order valence-corrected chi connectivity index (χ3v) is 5.22. The van der Waals surface area contributed by atoms with E-state index in [1.165, 1.54) is 0 Å². The number of H-pyrrole nitrogens is 1. The third kappa shape index (κ3) is 6.02. The molecule has 0 spiro atoms. The van der Waals surface area contributed by atoms with Gasteiger partial charge >= 0.3 is 0 Å². The minimum Gasteiger partial charge on any atom is -0.489 e. The van der Waals surface area contributed by atoms with Crippen LogP contribution in [0.4, 0.5) is 0 Å². The van der Waals surface area contributed by atoms with E-state index in [4.69, 9.17) is 4.74 Å². The molecule has 0 atom stereocenters. The highest BCUT2D eigenvalue weighted by Gasteiger charge is 2.20. The first-order chi connectivity index (χ1) is 15.2. The van der Waals surface area contributed by atoms with Crippen molar-refractivity contribution in [1.82, 2.24) is 25.0 Å². The molecule has 1 fully saturated rings. The second kappa shape index (κ2) is 10.0. The summed E-state index contributed by atoms with van der Waals surface area (Å²) in [5, 5.41) is 7.05. The fraction of sp³-hybridized carbons (Fsp3) is 0.292. The van der Waals surface area contributed by atoms with Gasteiger partial charge in [0.25, 0.3) is 0 Å². The number of amides is 1. The zero-order valence-corrected chi connectivity index (χ0v) is 17.7. The molecular weight excluding hydrogens is 390 g/mol. The van der Waals surface area contributed by atoms with Crippen molar-refractivity contribution < 1.29 is 9.53 Å². The van der Waals surface area contributed by atoms with Gasteiger partial charge in [-0.1, -0.05) is 42.5 Å². The van der Waals surface area contributed by atoms with Crippen LogP contribution < -0.4 is 4.74 Å². The summed E-state index contributed by atoms with van der Waals surface area (Å²) in [6, 6.07) is 17.8. The molecule has 4 rings (SSSR count). The molecule has 7 heteroatoms. The second-order valence-corrected chi connectivity index (χ2v) is 7.62. The molecule has 1 aromatic heterocycles. The average Bonchev–Trinajstić information content (AvgIpc) is 3.22. The van der Waals surface area contributed by atoms with Crippen LogP contribution in [0.15, 0.2) is 60.7 Å². The number of carbonyl (C=O) groups is 1. The minimum absolute atomic E-state index is 0.0315. The van der Waals surface area contributed by atoms with Crippen molar-refractivity contribution in [1.29, 1.82) is 0 Å². The largest absolute Gasteiger partial charge is 0.489 e. The van der Waals surface area contributed by atoms with Crippen LogP contribution in [0.2, 0.25) is 0 Å². The molecule has 7 nitrogen and oxygen atoms in total. The maximum Gasteiger partial charge on any atom is 0.246 e. The van der Waals surface area contributed by atoms with E-state index < -0.39 is 0 Å². The van der Waals surface area contributed by atoms with Crippen molar-refractivity contribution in [2.75, 3.05) is 26.2 Å². The summed E-state index contributed by atoms with van der Waals surface area (Å²) in [5.41, 5.74) is 2.06. The summed E-state index contributed by atoms with van der Waals surface area (Å²) in [5.74, 6) is 2.44. The number of rotatable bonds is 7. The third-order valence-electron chi connectivity index (χ3n) is 5.22. The second-order valence-electron chi connectivity index (χ2n) is 7.62. The number of nitrogens with zero attached hydrogens (tertiary/aromatic N) is 4. The van der Waals surface area contributed by atoms with Crippen LogP contribution in [-0.4, -0.2) is 57.1 Å². The molecule has 1 saturated heterocycles. The fourth-order valence-corrected chi connectivity index (χ4v) is 3.51. The average molecular weight is 418 g/mol. The van der Waals surface area contributed by atoms with Gasteiger partial charge in [0.15, 0.2) is 5.82 Å². The SMILES string of the molecule is Cc1nc(CN2CCN(C(=O)/C=C/c3cccc(OCc4ccccc4)c3)CC2)n[nH]1. The highest BCUT2D eigenvalue weighted by molar-refractivity contribution is 5.91. The molecule has 0 aliphatic carbocycles. The molecule has 1 aliphatic rings. The molecule has 160 valence electrons. The normalized spacial score (nSPS) is 14.8. The van der Waals surface area contributed by atoms with Gasteiger partial charge in [0.1, 0.15) is 18.2 Å². The van der Waals surface area contributed by atoms with Gasteiger partial charge in [0.05, 0.1) is 6.54 Å². The number of aromatic nitrogens is 3. The van der Waals surface area contributed by atoms with E-state index in [1.54, 1.807) is 6.08 Å². The van der Waals surface area contributed by atoms with Crippen molar-refractivity contribution in [3.05, 3.63) is 83.4 Å². The molecule has 3 aromatic rings. The molecule has 2 heterocycles. The minimum atomic E-state index is 0.0315. The van der Waals surface area contributed by atoms with Gasteiger partial charge in [-0.15, -0.1) is 0 Å². The first-order valence-electron chi connectivity index (χ1n) is 10.5. The van der Waals surface area contributed by atoms with Gasteiger partial charge in [-0.2, -0.15) is 5.10 Å². The molecule has 0 bridgehead atoms. The van der Waals surface area contributed by atoms with Gasteiger partial charge in [0, 0.05) is 32.3 Å².